The molecular weight excluding hydrogens is 243 g/mol. The maximum absolute atomic E-state index is 13.0. The van der Waals surface area contributed by atoms with E-state index >= 15 is 0 Å². The second kappa shape index (κ2) is 6.13. The van der Waals surface area contributed by atoms with E-state index in [9.17, 15) is 4.39 Å². The summed E-state index contributed by atoms with van der Waals surface area (Å²) in [5.74, 6) is 1.12. The average Bonchev–Trinajstić information content (AvgIpc) is 2.40. The average molecular weight is 260 g/mol. The highest BCUT2D eigenvalue weighted by Crippen LogP contribution is 2.20. The molecule has 2 N–H and O–H groups in total. The van der Waals surface area contributed by atoms with Crippen molar-refractivity contribution in [2.45, 2.75) is 20.3 Å². The lowest BCUT2D eigenvalue weighted by Crippen LogP contribution is -2.04. The second-order valence-corrected chi connectivity index (χ2v) is 4.30. The normalized spacial score (nSPS) is 10.3. The van der Waals surface area contributed by atoms with Crippen molar-refractivity contribution in [1.29, 1.82) is 0 Å². The van der Waals surface area contributed by atoms with Crippen molar-refractivity contribution in [1.82, 2.24) is 9.97 Å². The van der Waals surface area contributed by atoms with Crippen LogP contribution in [0.5, 0.6) is 0 Å². The molecule has 0 aliphatic carbocycles. The van der Waals surface area contributed by atoms with E-state index < -0.39 is 0 Å². The number of hydrogen-bond donors (Lipinski definition) is 2. The van der Waals surface area contributed by atoms with Crippen molar-refractivity contribution in [3.05, 3.63) is 42.0 Å². The Morgan fingerprint density at radius 3 is 2.74 bits per heavy atom. The molecule has 100 valence electrons. The summed E-state index contributed by atoms with van der Waals surface area (Å²) in [5.41, 5.74) is 1.65. The zero-order valence-corrected chi connectivity index (χ0v) is 11.1. The highest BCUT2D eigenvalue weighted by atomic mass is 19.1. The van der Waals surface area contributed by atoms with Gasteiger partial charge in [-0.15, -0.1) is 0 Å². The molecule has 2 aromatic rings. The van der Waals surface area contributed by atoms with Crippen LogP contribution in [-0.4, -0.2) is 16.5 Å². The Kier molecular flexibility index (Phi) is 4.28. The molecule has 0 amide bonds. The fourth-order valence-electron chi connectivity index (χ4n) is 1.67. The number of aromatic nitrogens is 2. The molecule has 0 unspecified atom stereocenters. The van der Waals surface area contributed by atoms with Gasteiger partial charge >= 0.3 is 0 Å². The number of nitrogens with one attached hydrogen (secondary N) is 2. The van der Waals surface area contributed by atoms with Crippen LogP contribution < -0.4 is 10.6 Å². The molecule has 0 radical (unpaired) electrons. The van der Waals surface area contributed by atoms with Gasteiger partial charge in [0.15, 0.2) is 5.82 Å². The third-order valence-corrected chi connectivity index (χ3v) is 2.64. The number of nitrogens with zero attached hydrogens (tertiary/aromatic N) is 2. The predicted molar refractivity (Wildman–Crippen MR) is 75.2 cm³/mol. The molecule has 0 saturated carbocycles. The highest BCUT2D eigenvalue weighted by molar-refractivity contribution is 5.60. The third-order valence-electron chi connectivity index (χ3n) is 2.64. The van der Waals surface area contributed by atoms with Crippen LogP contribution >= 0.6 is 0 Å². The van der Waals surface area contributed by atoms with Gasteiger partial charge in [0.1, 0.15) is 11.6 Å². The van der Waals surface area contributed by atoms with Gasteiger partial charge in [0.2, 0.25) is 0 Å². The quantitative estimate of drug-likeness (QED) is 0.864. The van der Waals surface area contributed by atoms with Crippen LogP contribution in [-0.2, 0) is 0 Å². The Hall–Kier alpha value is -2.17. The number of anilines is 3. The topological polar surface area (TPSA) is 49.8 Å². The summed E-state index contributed by atoms with van der Waals surface area (Å²) in [6, 6.07) is 4.59. The number of rotatable bonds is 5. The zero-order valence-electron chi connectivity index (χ0n) is 11.1. The van der Waals surface area contributed by atoms with Crippen molar-refractivity contribution >= 4 is 17.3 Å². The lowest BCUT2D eigenvalue weighted by molar-refractivity contribution is 0.627. The van der Waals surface area contributed by atoms with Crippen molar-refractivity contribution in [3.8, 4) is 0 Å². The summed E-state index contributed by atoms with van der Waals surface area (Å²) in [6.07, 6.45) is 4.34. The molecule has 2 rings (SSSR count). The minimum Gasteiger partial charge on any atom is -0.369 e. The Morgan fingerprint density at radius 2 is 2.00 bits per heavy atom. The Balaban J connectivity index is 2.14. The van der Waals surface area contributed by atoms with Crippen molar-refractivity contribution in [3.63, 3.8) is 0 Å². The zero-order chi connectivity index (χ0) is 13.7. The number of benzene rings is 1. The van der Waals surface area contributed by atoms with Crippen LogP contribution in [0.1, 0.15) is 18.9 Å². The lowest BCUT2D eigenvalue weighted by atomic mass is 10.2. The predicted octanol–water partition coefficient (Wildman–Crippen LogP) is 3.49. The first-order valence-corrected chi connectivity index (χ1v) is 6.28. The minimum absolute atomic E-state index is 0.243. The van der Waals surface area contributed by atoms with Gasteiger partial charge in [-0.3, -0.25) is 4.98 Å². The fourth-order valence-corrected chi connectivity index (χ4v) is 1.67. The Morgan fingerprint density at radius 1 is 1.21 bits per heavy atom. The highest BCUT2D eigenvalue weighted by Gasteiger charge is 2.03. The molecule has 19 heavy (non-hydrogen) atoms. The molecule has 5 heteroatoms. The molecule has 1 aromatic carbocycles. The first-order valence-electron chi connectivity index (χ1n) is 6.28. The first-order chi connectivity index (χ1) is 9.19. The van der Waals surface area contributed by atoms with Crippen LogP contribution in [0.15, 0.2) is 30.6 Å². The van der Waals surface area contributed by atoms with Crippen molar-refractivity contribution in [2.24, 2.45) is 0 Å². The van der Waals surface area contributed by atoms with E-state index in [2.05, 4.69) is 27.5 Å². The lowest BCUT2D eigenvalue weighted by Gasteiger charge is -2.10. The van der Waals surface area contributed by atoms with E-state index in [0.29, 0.717) is 5.82 Å². The molecule has 0 atom stereocenters. The number of hydrogen-bond acceptors (Lipinski definition) is 4. The molecule has 0 spiro atoms. The largest absolute Gasteiger partial charge is 0.369 e. The Labute approximate surface area is 112 Å². The SMILES string of the molecule is CCCNc1cncc(Nc2ccc(F)cc2C)n1. The van der Waals surface area contributed by atoms with Crippen molar-refractivity contribution < 1.29 is 4.39 Å². The van der Waals surface area contributed by atoms with Gasteiger partial charge in [-0.25, -0.2) is 9.37 Å². The van der Waals surface area contributed by atoms with Gasteiger partial charge in [0.25, 0.3) is 0 Å². The van der Waals surface area contributed by atoms with Crippen LogP contribution in [0.4, 0.5) is 21.7 Å². The Bertz CT molecular complexity index is 557. The smallest absolute Gasteiger partial charge is 0.151 e. The maximum Gasteiger partial charge on any atom is 0.151 e. The first kappa shape index (κ1) is 13.3. The molecular formula is C14H17FN4. The second-order valence-electron chi connectivity index (χ2n) is 4.30. The molecule has 1 heterocycles. The summed E-state index contributed by atoms with van der Waals surface area (Å²) in [7, 11) is 0. The van der Waals surface area contributed by atoms with Gasteiger partial charge in [-0.2, -0.15) is 0 Å². The summed E-state index contributed by atoms with van der Waals surface area (Å²) >= 11 is 0. The molecule has 4 nitrogen and oxygen atoms in total. The standard InChI is InChI=1S/C14H17FN4/c1-3-6-17-13-8-16-9-14(19-13)18-12-5-4-11(15)7-10(12)2/h4-5,7-9H,3,6H2,1-2H3,(H2,17,18,19). The van der Waals surface area contributed by atoms with Crippen molar-refractivity contribution in [2.75, 3.05) is 17.2 Å². The third kappa shape index (κ3) is 3.64. The van der Waals surface area contributed by atoms with E-state index in [-0.39, 0.29) is 5.82 Å². The number of halogens is 1. The summed E-state index contributed by atoms with van der Waals surface area (Å²) < 4.78 is 13.0. The molecule has 0 aliphatic heterocycles. The van der Waals surface area contributed by atoms with Gasteiger partial charge in [0.05, 0.1) is 12.4 Å². The van der Waals surface area contributed by atoms with Crippen LogP contribution in [0.2, 0.25) is 0 Å². The van der Waals surface area contributed by atoms with E-state index in [0.717, 1.165) is 30.0 Å². The van der Waals surface area contributed by atoms with E-state index in [1.54, 1.807) is 18.5 Å². The van der Waals surface area contributed by atoms with Gasteiger partial charge in [-0.1, -0.05) is 6.92 Å². The molecule has 0 bridgehead atoms. The van der Waals surface area contributed by atoms with Gasteiger partial charge in [0, 0.05) is 12.2 Å². The van der Waals surface area contributed by atoms with E-state index in [4.69, 9.17) is 0 Å². The van der Waals surface area contributed by atoms with Gasteiger partial charge in [-0.05, 0) is 37.1 Å². The number of aryl methyl sites for hydroxylation is 1. The summed E-state index contributed by atoms with van der Waals surface area (Å²) in [6.45, 7) is 4.79. The van der Waals surface area contributed by atoms with E-state index in [1.165, 1.54) is 12.1 Å². The fraction of sp³-hybridized carbons (Fsp3) is 0.286. The van der Waals surface area contributed by atoms with Crippen LogP contribution in [0.3, 0.4) is 0 Å². The van der Waals surface area contributed by atoms with Crippen LogP contribution in [0, 0.1) is 12.7 Å². The monoisotopic (exact) mass is 260 g/mol. The summed E-state index contributed by atoms with van der Waals surface area (Å²) in [5, 5.41) is 6.31. The molecule has 0 fully saturated rings. The maximum atomic E-state index is 13.0. The summed E-state index contributed by atoms with van der Waals surface area (Å²) in [4.78, 5) is 8.51. The van der Waals surface area contributed by atoms with Crippen LogP contribution in [0.25, 0.3) is 0 Å². The molecule has 1 aromatic heterocycles. The van der Waals surface area contributed by atoms with Gasteiger partial charge < -0.3 is 10.6 Å². The molecule has 0 saturated heterocycles. The minimum atomic E-state index is -0.243. The van der Waals surface area contributed by atoms with E-state index in [1.807, 2.05) is 6.92 Å². The molecule has 0 aliphatic rings.